The van der Waals surface area contributed by atoms with Crippen LogP contribution in [0.2, 0.25) is 0 Å². The van der Waals surface area contributed by atoms with Crippen LogP contribution in [0.4, 0.5) is 5.69 Å². The van der Waals surface area contributed by atoms with Crippen molar-refractivity contribution in [3.8, 4) is 0 Å². The zero-order valence-electron chi connectivity index (χ0n) is 9.87. The predicted molar refractivity (Wildman–Crippen MR) is 67.1 cm³/mol. The zero-order chi connectivity index (χ0) is 11.1. The van der Waals surface area contributed by atoms with E-state index in [-0.39, 0.29) is 0 Å². The second-order valence-electron chi connectivity index (χ2n) is 4.00. The maximum absolute atomic E-state index is 5.62. The molecule has 0 fully saturated rings. The minimum Gasteiger partial charge on any atom is -0.375 e. The molecule has 0 atom stereocenters. The Kier molecular flexibility index (Phi) is 5.19. The molecule has 0 aliphatic carbocycles. The summed E-state index contributed by atoms with van der Waals surface area (Å²) in [6.45, 7) is 3.98. The van der Waals surface area contributed by atoms with Gasteiger partial charge in [-0.05, 0) is 24.1 Å². The Hall–Kier alpha value is -1.02. The number of hydrogen-bond acceptors (Lipinski definition) is 2. The summed E-state index contributed by atoms with van der Waals surface area (Å²) in [4.78, 5) is 2.30. The Morgan fingerprint density at radius 3 is 2.73 bits per heavy atom. The number of rotatable bonds is 6. The molecule has 84 valence electrons. The first-order chi connectivity index (χ1) is 7.27. The second-order valence-corrected chi connectivity index (χ2v) is 4.00. The summed E-state index contributed by atoms with van der Waals surface area (Å²) in [7, 11) is 2.14. The van der Waals surface area contributed by atoms with Crippen molar-refractivity contribution >= 4 is 5.69 Å². The van der Waals surface area contributed by atoms with Crippen LogP contribution in [0.1, 0.15) is 31.7 Å². The van der Waals surface area contributed by atoms with Gasteiger partial charge in [-0.3, -0.25) is 0 Å². The topological polar surface area (TPSA) is 29.3 Å². The first-order valence-electron chi connectivity index (χ1n) is 5.78. The Balaban J connectivity index is 2.52. The van der Waals surface area contributed by atoms with E-state index < -0.39 is 0 Å². The molecule has 0 aromatic heterocycles. The zero-order valence-corrected chi connectivity index (χ0v) is 9.87. The maximum Gasteiger partial charge on any atom is 0.0366 e. The number of nitrogens with two attached hydrogens (primary N) is 1. The minimum atomic E-state index is 0.622. The summed E-state index contributed by atoms with van der Waals surface area (Å²) in [6.07, 6.45) is 3.84. The van der Waals surface area contributed by atoms with Crippen molar-refractivity contribution in [2.45, 2.75) is 32.7 Å². The smallest absolute Gasteiger partial charge is 0.0366 e. The van der Waals surface area contributed by atoms with Crippen LogP contribution in [0.25, 0.3) is 0 Å². The lowest BCUT2D eigenvalue weighted by Gasteiger charge is -2.19. The van der Waals surface area contributed by atoms with Crippen LogP contribution in [-0.4, -0.2) is 13.6 Å². The van der Waals surface area contributed by atoms with E-state index in [0.29, 0.717) is 6.54 Å². The van der Waals surface area contributed by atoms with Crippen LogP contribution in [-0.2, 0) is 6.54 Å². The van der Waals surface area contributed by atoms with E-state index in [2.05, 4.69) is 43.1 Å². The molecule has 2 heteroatoms. The molecule has 0 aliphatic heterocycles. The Morgan fingerprint density at radius 1 is 1.27 bits per heavy atom. The van der Waals surface area contributed by atoms with E-state index in [0.717, 1.165) is 6.54 Å². The molecule has 0 saturated carbocycles. The van der Waals surface area contributed by atoms with Crippen molar-refractivity contribution in [1.82, 2.24) is 0 Å². The van der Waals surface area contributed by atoms with Gasteiger partial charge in [0.1, 0.15) is 0 Å². The molecule has 1 aromatic rings. The van der Waals surface area contributed by atoms with Gasteiger partial charge in [0.05, 0.1) is 0 Å². The van der Waals surface area contributed by atoms with Crippen molar-refractivity contribution in [1.29, 1.82) is 0 Å². The third kappa shape index (κ3) is 3.92. The molecule has 0 bridgehead atoms. The standard InChI is InChI=1S/C13H22N2/c1-3-4-5-9-15(2)13-8-6-7-12(10-13)11-14/h6-8,10H,3-5,9,11,14H2,1-2H3. The first-order valence-corrected chi connectivity index (χ1v) is 5.78. The lowest BCUT2D eigenvalue weighted by molar-refractivity contribution is 0.705. The predicted octanol–water partition coefficient (Wildman–Crippen LogP) is 2.77. The fourth-order valence-electron chi connectivity index (χ4n) is 1.65. The molecule has 15 heavy (non-hydrogen) atoms. The third-order valence-corrected chi connectivity index (χ3v) is 2.68. The molecule has 2 N–H and O–H groups in total. The number of nitrogens with zero attached hydrogens (tertiary/aromatic N) is 1. The van der Waals surface area contributed by atoms with Gasteiger partial charge < -0.3 is 10.6 Å². The molecule has 0 amide bonds. The highest BCUT2D eigenvalue weighted by Crippen LogP contribution is 2.15. The van der Waals surface area contributed by atoms with Gasteiger partial charge >= 0.3 is 0 Å². The summed E-state index contributed by atoms with van der Waals surface area (Å²) in [6, 6.07) is 8.47. The van der Waals surface area contributed by atoms with Gasteiger partial charge in [0.25, 0.3) is 0 Å². The summed E-state index contributed by atoms with van der Waals surface area (Å²) < 4.78 is 0. The van der Waals surface area contributed by atoms with Gasteiger partial charge in [0, 0.05) is 25.8 Å². The van der Waals surface area contributed by atoms with Crippen LogP contribution in [0, 0.1) is 0 Å². The normalized spacial score (nSPS) is 10.3. The molecule has 0 unspecified atom stereocenters. The summed E-state index contributed by atoms with van der Waals surface area (Å²) >= 11 is 0. The second kappa shape index (κ2) is 6.46. The van der Waals surface area contributed by atoms with Crippen molar-refractivity contribution in [2.75, 3.05) is 18.5 Å². The molecule has 2 nitrogen and oxygen atoms in total. The molecular formula is C13H22N2. The number of hydrogen-bond donors (Lipinski definition) is 1. The van der Waals surface area contributed by atoms with E-state index in [9.17, 15) is 0 Å². The fraction of sp³-hybridized carbons (Fsp3) is 0.538. The van der Waals surface area contributed by atoms with Crippen molar-refractivity contribution < 1.29 is 0 Å². The van der Waals surface area contributed by atoms with Crippen LogP contribution >= 0.6 is 0 Å². The minimum absolute atomic E-state index is 0.622. The Labute approximate surface area is 93.1 Å². The number of unbranched alkanes of at least 4 members (excludes halogenated alkanes) is 2. The highest BCUT2D eigenvalue weighted by atomic mass is 15.1. The molecule has 1 aromatic carbocycles. The average molecular weight is 206 g/mol. The van der Waals surface area contributed by atoms with E-state index in [4.69, 9.17) is 5.73 Å². The molecule has 1 rings (SSSR count). The number of anilines is 1. The van der Waals surface area contributed by atoms with E-state index >= 15 is 0 Å². The van der Waals surface area contributed by atoms with Gasteiger partial charge in [-0.25, -0.2) is 0 Å². The Morgan fingerprint density at radius 2 is 2.07 bits per heavy atom. The van der Waals surface area contributed by atoms with Crippen LogP contribution in [0.5, 0.6) is 0 Å². The summed E-state index contributed by atoms with van der Waals surface area (Å²) in [5, 5.41) is 0. The first kappa shape index (κ1) is 12.1. The molecule has 0 spiro atoms. The molecular weight excluding hydrogens is 184 g/mol. The van der Waals surface area contributed by atoms with E-state index in [1.54, 1.807) is 0 Å². The highest BCUT2D eigenvalue weighted by Gasteiger charge is 2.00. The largest absolute Gasteiger partial charge is 0.375 e. The van der Waals surface area contributed by atoms with Crippen molar-refractivity contribution in [3.05, 3.63) is 29.8 Å². The summed E-state index contributed by atoms with van der Waals surface area (Å²) in [5.41, 5.74) is 8.10. The molecule has 0 saturated heterocycles. The molecule has 0 aliphatic rings. The van der Waals surface area contributed by atoms with Gasteiger partial charge in [0.2, 0.25) is 0 Å². The van der Waals surface area contributed by atoms with Gasteiger partial charge in [-0.2, -0.15) is 0 Å². The molecule has 0 radical (unpaired) electrons. The van der Waals surface area contributed by atoms with E-state index in [1.807, 2.05) is 0 Å². The molecule has 0 heterocycles. The van der Waals surface area contributed by atoms with Crippen LogP contribution < -0.4 is 10.6 Å². The third-order valence-electron chi connectivity index (χ3n) is 2.68. The SMILES string of the molecule is CCCCCN(C)c1cccc(CN)c1. The van der Waals surface area contributed by atoms with Crippen molar-refractivity contribution in [2.24, 2.45) is 5.73 Å². The summed E-state index contributed by atoms with van der Waals surface area (Å²) in [5.74, 6) is 0. The van der Waals surface area contributed by atoms with Gasteiger partial charge in [-0.1, -0.05) is 31.9 Å². The highest BCUT2D eigenvalue weighted by molar-refractivity contribution is 5.47. The average Bonchev–Trinajstić information content (AvgIpc) is 2.29. The number of benzene rings is 1. The van der Waals surface area contributed by atoms with Gasteiger partial charge in [0.15, 0.2) is 0 Å². The quantitative estimate of drug-likeness (QED) is 0.725. The van der Waals surface area contributed by atoms with Crippen LogP contribution in [0.3, 0.4) is 0 Å². The maximum atomic E-state index is 5.62. The van der Waals surface area contributed by atoms with Gasteiger partial charge in [-0.15, -0.1) is 0 Å². The lowest BCUT2D eigenvalue weighted by atomic mass is 10.2. The monoisotopic (exact) mass is 206 g/mol. The Bertz CT molecular complexity index is 284. The van der Waals surface area contributed by atoms with Crippen molar-refractivity contribution in [3.63, 3.8) is 0 Å². The fourth-order valence-corrected chi connectivity index (χ4v) is 1.65. The lowest BCUT2D eigenvalue weighted by Crippen LogP contribution is -2.18. The van der Waals surface area contributed by atoms with E-state index in [1.165, 1.54) is 30.5 Å². The van der Waals surface area contributed by atoms with Crippen LogP contribution in [0.15, 0.2) is 24.3 Å².